The number of amides is 2. The number of benzene rings is 2. The van der Waals surface area contributed by atoms with Crippen LogP contribution in [0.2, 0.25) is 5.02 Å². The molecule has 0 aliphatic carbocycles. The Morgan fingerprint density at radius 3 is 2.30 bits per heavy atom. The first-order chi connectivity index (χ1) is 12.9. The van der Waals surface area contributed by atoms with Gasteiger partial charge >= 0.3 is 5.97 Å². The number of hydrogen-bond acceptors (Lipinski definition) is 3. The number of hydrogen-bond donors (Lipinski definition) is 2. The van der Waals surface area contributed by atoms with Gasteiger partial charge in [-0.25, -0.2) is 4.79 Å². The van der Waals surface area contributed by atoms with E-state index in [9.17, 15) is 19.5 Å². The minimum atomic E-state index is -1.08. The van der Waals surface area contributed by atoms with E-state index in [0.717, 1.165) is 0 Å². The van der Waals surface area contributed by atoms with Gasteiger partial charge in [-0.3, -0.25) is 9.59 Å². The van der Waals surface area contributed by atoms with E-state index < -0.39 is 5.97 Å². The van der Waals surface area contributed by atoms with Crippen LogP contribution in [0.4, 0.5) is 5.69 Å². The molecule has 7 heteroatoms. The first kappa shape index (κ1) is 20.5. The average Bonchev–Trinajstić information content (AvgIpc) is 2.62. The molecule has 0 saturated heterocycles. The molecule has 0 bridgehead atoms. The normalized spacial score (nSPS) is 10.3. The first-order valence-electron chi connectivity index (χ1n) is 8.57. The molecule has 0 atom stereocenters. The second-order valence-electron chi connectivity index (χ2n) is 5.86. The monoisotopic (exact) mass is 388 g/mol. The van der Waals surface area contributed by atoms with Gasteiger partial charge in [0.25, 0.3) is 5.91 Å². The van der Waals surface area contributed by atoms with E-state index >= 15 is 0 Å². The molecular formula is C20H21ClN2O4. The highest BCUT2D eigenvalue weighted by molar-refractivity contribution is 6.34. The summed E-state index contributed by atoms with van der Waals surface area (Å²) in [6.07, 6.45) is -0.0831. The van der Waals surface area contributed by atoms with Gasteiger partial charge in [0.15, 0.2) is 0 Å². The van der Waals surface area contributed by atoms with Crippen molar-refractivity contribution in [3.63, 3.8) is 0 Å². The average molecular weight is 389 g/mol. The third kappa shape index (κ3) is 5.08. The van der Waals surface area contributed by atoms with Crippen molar-refractivity contribution in [2.75, 3.05) is 18.4 Å². The minimum absolute atomic E-state index is 0.0831. The van der Waals surface area contributed by atoms with E-state index in [1.54, 1.807) is 35.2 Å². The summed E-state index contributed by atoms with van der Waals surface area (Å²) in [4.78, 5) is 37.5. The van der Waals surface area contributed by atoms with Gasteiger partial charge in [-0.2, -0.15) is 0 Å². The van der Waals surface area contributed by atoms with Gasteiger partial charge in [-0.1, -0.05) is 29.8 Å². The van der Waals surface area contributed by atoms with Crippen LogP contribution in [-0.2, 0) is 11.2 Å². The number of nitrogens with zero attached hydrogens (tertiary/aromatic N) is 1. The number of halogens is 1. The van der Waals surface area contributed by atoms with Gasteiger partial charge in [-0.15, -0.1) is 0 Å². The summed E-state index contributed by atoms with van der Waals surface area (Å²) in [6, 6.07) is 11.0. The van der Waals surface area contributed by atoms with Crippen LogP contribution in [0.15, 0.2) is 42.5 Å². The van der Waals surface area contributed by atoms with Gasteiger partial charge in [0.05, 0.1) is 22.6 Å². The number of carbonyl (C=O) groups is 3. The molecule has 0 radical (unpaired) electrons. The van der Waals surface area contributed by atoms with Crippen LogP contribution in [0.25, 0.3) is 0 Å². The van der Waals surface area contributed by atoms with E-state index in [1.807, 2.05) is 13.8 Å². The Kier molecular flexibility index (Phi) is 6.96. The Bertz CT molecular complexity index is 863. The maximum Gasteiger partial charge on any atom is 0.335 e. The Morgan fingerprint density at radius 2 is 1.70 bits per heavy atom. The Hall–Kier alpha value is -2.86. The highest BCUT2D eigenvalue weighted by Crippen LogP contribution is 2.23. The summed E-state index contributed by atoms with van der Waals surface area (Å²) in [5.74, 6) is -1.62. The fraction of sp³-hybridized carbons (Fsp3) is 0.250. The lowest BCUT2D eigenvalue weighted by Gasteiger charge is -2.19. The predicted octanol–water partition coefficient (Wildman–Crippen LogP) is 3.70. The number of nitrogens with one attached hydrogen (secondary N) is 1. The second-order valence-corrected chi connectivity index (χ2v) is 6.27. The molecular weight excluding hydrogens is 368 g/mol. The number of carboxylic acids is 1. The van der Waals surface area contributed by atoms with Gasteiger partial charge in [0.2, 0.25) is 5.91 Å². The predicted molar refractivity (Wildman–Crippen MR) is 104 cm³/mol. The Balaban J connectivity index is 2.12. The van der Waals surface area contributed by atoms with E-state index in [2.05, 4.69) is 5.32 Å². The quantitative estimate of drug-likeness (QED) is 0.757. The lowest BCUT2D eigenvalue weighted by atomic mass is 10.0. The fourth-order valence-corrected chi connectivity index (χ4v) is 2.97. The maximum absolute atomic E-state index is 12.4. The van der Waals surface area contributed by atoms with Crippen LogP contribution in [0.3, 0.4) is 0 Å². The number of rotatable bonds is 7. The van der Waals surface area contributed by atoms with Crippen LogP contribution in [0, 0.1) is 0 Å². The molecule has 0 aliphatic heterocycles. The van der Waals surface area contributed by atoms with Crippen molar-refractivity contribution in [2.45, 2.75) is 20.3 Å². The molecule has 142 valence electrons. The van der Waals surface area contributed by atoms with Gasteiger partial charge in [0, 0.05) is 18.8 Å². The van der Waals surface area contributed by atoms with Crippen LogP contribution in [0.5, 0.6) is 0 Å². The molecule has 2 aromatic carbocycles. The highest BCUT2D eigenvalue weighted by Gasteiger charge is 2.17. The number of aromatic carboxylic acids is 1. The SMILES string of the molecule is CCN(CC)C(=O)c1ccc(NC(=O)Cc2ccccc2C(=O)O)cc1Cl. The lowest BCUT2D eigenvalue weighted by molar-refractivity contribution is -0.115. The second kappa shape index (κ2) is 9.19. The molecule has 0 unspecified atom stereocenters. The van der Waals surface area contributed by atoms with Crippen LogP contribution in [0.1, 0.15) is 40.1 Å². The Labute approximate surface area is 162 Å². The molecule has 0 heterocycles. The molecule has 6 nitrogen and oxygen atoms in total. The summed E-state index contributed by atoms with van der Waals surface area (Å²) in [6.45, 7) is 4.93. The van der Waals surface area contributed by atoms with Crippen molar-refractivity contribution in [2.24, 2.45) is 0 Å². The third-order valence-corrected chi connectivity index (χ3v) is 4.45. The summed E-state index contributed by atoms with van der Waals surface area (Å²) >= 11 is 6.22. The zero-order chi connectivity index (χ0) is 20.0. The van der Waals surface area contributed by atoms with Crippen molar-refractivity contribution in [3.8, 4) is 0 Å². The van der Waals surface area contributed by atoms with E-state index in [0.29, 0.717) is 29.9 Å². The van der Waals surface area contributed by atoms with Gasteiger partial charge < -0.3 is 15.3 Å². The van der Waals surface area contributed by atoms with Gasteiger partial charge in [0.1, 0.15) is 0 Å². The maximum atomic E-state index is 12.4. The molecule has 0 fully saturated rings. The first-order valence-corrected chi connectivity index (χ1v) is 8.95. The van der Waals surface area contributed by atoms with Crippen molar-refractivity contribution < 1.29 is 19.5 Å². The summed E-state index contributed by atoms with van der Waals surface area (Å²) < 4.78 is 0. The molecule has 0 aliphatic rings. The van der Waals surface area contributed by atoms with E-state index in [1.165, 1.54) is 12.1 Å². The molecule has 2 N–H and O–H groups in total. The van der Waals surface area contributed by atoms with Crippen LogP contribution < -0.4 is 5.32 Å². The summed E-state index contributed by atoms with van der Waals surface area (Å²) in [7, 11) is 0. The molecule has 27 heavy (non-hydrogen) atoms. The van der Waals surface area contributed by atoms with Crippen molar-refractivity contribution in [3.05, 3.63) is 64.2 Å². The van der Waals surface area contributed by atoms with E-state index in [-0.39, 0.29) is 28.8 Å². The van der Waals surface area contributed by atoms with Gasteiger partial charge in [-0.05, 0) is 43.7 Å². The smallest absolute Gasteiger partial charge is 0.335 e. The van der Waals surface area contributed by atoms with Crippen LogP contribution in [-0.4, -0.2) is 40.9 Å². The van der Waals surface area contributed by atoms with Crippen molar-refractivity contribution in [1.82, 2.24) is 4.90 Å². The number of carbonyl (C=O) groups excluding carboxylic acids is 2. The topological polar surface area (TPSA) is 86.7 Å². The molecule has 2 aromatic rings. The number of carboxylic acid groups (broad SMARTS) is 1. The van der Waals surface area contributed by atoms with Crippen molar-refractivity contribution >= 4 is 35.1 Å². The molecule has 0 saturated carbocycles. The largest absolute Gasteiger partial charge is 0.478 e. The molecule has 2 rings (SSSR count). The fourth-order valence-electron chi connectivity index (χ4n) is 2.71. The standard InChI is InChI=1S/C20H21ClN2O4/c1-3-23(4-2)19(25)16-10-9-14(12-17(16)21)22-18(24)11-13-7-5-6-8-15(13)20(26)27/h5-10,12H,3-4,11H2,1-2H3,(H,22,24)(H,26,27). The minimum Gasteiger partial charge on any atom is -0.478 e. The third-order valence-electron chi connectivity index (χ3n) is 4.13. The Morgan fingerprint density at radius 1 is 1.04 bits per heavy atom. The zero-order valence-electron chi connectivity index (χ0n) is 15.2. The summed E-state index contributed by atoms with van der Waals surface area (Å²) in [5, 5.41) is 12.1. The molecule has 2 amide bonds. The molecule has 0 spiro atoms. The highest BCUT2D eigenvalue weighted by atomic mass is 35.5. The van der Waals surface area contributed by atoms with Crippen molar-refractivity contribution in [1.29, 1.82) is 0 Å². The molecule has 0 aromatic heterocycles. The summed E-state index contributed by atoms with van der Waals surface area (Å²) in [5.41, 5.74) is 1.32. The van der Waals surface area contributed by atoms with Crippen LogP contribution >= 0.6 is 11.6 Å². The number of anilines is 1. The lowest BCUT2D eigenvalue weighted by Crippen LogP contribution is -2.30. The zero-order valence-corrected chi connectivity index (χ0v) is 15.9. The van der Waals surface area contributed by atoms with E-state index in [4.69, 9.17) is 11.6 Å².